The van der Waals surface area contributed by atoms with Crippen molar-refractivity contribution in [2.45, 2.75) is 25.5 Å². The smallest absolute Gasteiger partial charge is 0.328 e. The lowest BCUT2D eigenvalue weighted by Gasteiger charge is -2.20. The predicted molar refractivity (Wildman–Crippen MR) is 89.0 cm³/mol. The quantitative estimate of drug-likeness (QED) is 0.904. The van der Waals surface area contributed by atoms with Crippen molar-refractivity contribution in [3.05, 3.63) is 32.7 Å². The first-order valence-corrected chi connectivity index (χ1v) is 8.14. The molecule has 1 aliphatic heterocycles. The number of carbonyl (C=O) groups excluding carboxylic acids is 1. The van der Waals surface area contributed by atoms with Gasteiger partial charge in [0.25, 0.3) is 0 Å². The van der Waals surface area contributed by atoms with Crippen LogP contribution in [0.5, 0.6) is 0 Å². The summed E-state index contributed by atoms with van der Waals surface area (Å²) in [5.41, 5.74) is 0.998. The molecule has 1 aromatic carbocycles. The van der Waals surface area contributed by atoms with Gasteiger partial charge in [0.2, 0.25) is 5.91 Å². The molecular weight excluding hydrogens is 341 g/mol. The number of aliphatic hydroxyl groups is 1. The van der Waals surface area contributed by atoms with Gasteiger partial charge in [-0.3, -0.25) is 13.9 Å². The second-order valence-electron chi connectivity index (χ2n) is 5.80. The zero-order valence-electron chi connectivity index (χ0n) is 12.6. The molecule has 23 heavy (non-hydrogen) atoms. The predicted octanol–water partition coefficient (Wildman–Crippen LogP) is 1.63. The van der Waals surface area contributed by atoms with Crippen LogP contribution in [-0.4, -0.2) is 44.2 Å². The number of likely N-dealkylation sites (tertiary alicyclic amines) is 1. The topological polar surface area (TPSA) is 67.5 Å². The molecule has 1 saturated heterocycles. The van der Waals surface area contributed by atoms with Gasteiger partial charge in [-0.2, -0.15) is 0 Å². The normalized spacial score (nSPS) is 16.5. The number of imidazole rings is 1. The van der Waals surface area contributed by atoms with Gasteiger partial charge in [0.05, 0.1) is 33.7 Å². The Morgan fingerprint density at radius 3 is 2.43 bits per heavy atom. The van der Waals surface area contributed by atoms with Gasteiger partial charge in [0.15, 0.2) is 0 Å². The molecule has 2 heterocycles. The summed E-state index contributed by atoms with van der Waals surface area (Å²) in [5.74, 6) is 0.0455. The van der Waals surface area contributed by atoms with Gasteiger partial charge in [-0.05, 0) is 18.6 Å². The summed E-state index contributed by atoms with van der Waals surface area (Å²) in [7, 11) is 1.64. The van der Waals surface area contributed by atoms with Crippen LogP contribution < -0.4 is 5.69 Å². The molecule has 1 atom stereocenters. The van der Waals surface area contributed by atoms with E-state index >= 15 is 0 Å². The summed E-state index contributed by atoms with van der Waals surface area (Å²) < 4.78 is 2.92. The Hall–Kier alpha value is -1.50. The lowest BCUT2D eigenvalue weighted by atomic mass is 10.3. The van der Waals surface area contributed by atoms with Crippen LogP contribution in [0.25, 0.3) is 11.0 Å². The number of fused-ring (bicyclic) bond motifs is 1. The Morgan fingerprint density at radius 1 is 1.17 bits per heavy atom. The Bertz CT molecular complexity index is 827. The molecule has 3 rings (SSSR count). The van der Waals surface area contributed by atoms with Crippen LogP contribution in [0.3, 0.4) is 0 Å². The number of amides is 1. The maximum Gasteiger partial charge on any atom is 0.328 e. The van der Waals surface area contributed by atoms with Crippen molar-refractivity contribution >= 4 is 40.1 Å². The first-order valence-electron chi connectivity index (χ1n) is 7.38. The highest BCUT2D eigenvalue weighted by atomic mass is 35.5. The van der Waals surface area contributed by atoms with Crippen molar-refractivity contribution in [1.82, 2.24) is 14.0 Å². The number of nitrogens with zero attached hydrogens (tertiary/aromatic N) is 3. The second-order valence-corrected chi connectivity index (χ2v) is 6.62. The van der Waals surface area contributed by atoms with Gasteiger partial charge in [-0.25, -0.2) is 4.79 Å². The summed E-state index contributed by atoms with van der Waals surface area (Å²) in [4.78, 5) is 25.7. The van der Waals surface area contributed by atoms with E-state index in [1.807, 2.05) is 0 Å². The van der Waals surface area contributed by atoms with Gasteiger partial charge < -0.3 is 10.0 Å². The molecule has 8 heteroatoms. The SMILES string of the molecule is Cn1c(=O)n(C[C@H](O)CN2CCCC2=O)c2cc(Cl)c(Cl)cc21. The number of aryl methyl sites for hydroxylation is 1. The molecule has 1 aliphatic rings. The van der Waals surface area contributed by atoms with Gasteiger partial charge in [0, 0.05) is 26.6 Å². The molecule has 0 saturated carbocycles. The standard InChI is InChI=1S/C15H17Cl2N3O3/c1-18-12-5-10(16)11(17)6-13(12)20(15(18)23)8-9(21)7-19-4-2-3-14(19)22/h5-6,9,21H,2-4,7-8H2,1H3/t9-/m1/s1. The summed E-state index contributed by atoms with van der Waals surface area (Å²) in [6.45, 7) is 0.975. The first kappa shape index (κ1) is 16.4. The molecular formula is C15H17Cl2N3O3. The second kappa shape index (κ2) is 6.19. The molecule has 2 aromatic rings. The Balaban J connectivity index is 1.90. The van der Waals surface area contributed by atoms with Crippen LogP contribution in [-0.2, 0) is 18.4 Å². The number of aliphatic hydroxyl groups excluding tert-OH is 1. The van der Waals surface area contributed by atoms with Crippen LogP contribution in [0.4, 0.5) is 0 Å². The fourth-order valence-electron chi connectivity index (χ4n) is 2.99. The van der Waals surface area contributed by atoms with Gasteiger partial charge >= 0.3 is 5.69 Å². The lowest BCUT2D eigenvalue weighted by Crippen LogP contribution is -2.37. The van der Waals surface area contributed by atoms with Crippen molar-refractivity contribution in [2.75, 3.05) is 13.1 Å². The van der Waals surface area contributed by atoms with Crippen LogP contribution in [0.1, 0.15) is 12.8 Å². The molecule has 1 amide bonds. The van der Waals surface area contributed by atoms with Gasteiger partial charge in [-0.1, -0.05) is 23.2 Å². The number of aromatic nitrogens is 2. The molecule has 1 aromatic heterocycles. The highest BCUT2D eigenvalue weighted by Crippen LogP contribution is 2.27. The van der Waals surface area contributed by atoms with Gasteiger partial charge in [0.1, 0.15) is 0 Å². The molecule has 1 fully saturated rings. The zero-order chi connectivity index (χ0) is 16.7. The fourth-order valence-corrected chi connectivity index (χ4v) is 3.31. The number of hydrogen-bond donors (Lipinski definition) is 1. The summed E-state index contributed by atoms with van der Waals surface area (Å²) in [6, 6.07) is 3.25. The summed E-state index contributed by atoms with van der Waals surface area (Å²) >= 11 is 12.0. The molecule has 0 radical (unpaired) electrons. The monoisotopic (exact) mass is 357 g/mol. The van der Waals surface area contributed by atoms with Crippen molar-refractivity contribution in [3.63, 3.8) is 0 Å². The third-order valence-electron chi connectivity index (χ3n) is 4.18. The van der Waals surface area contributed by atoms with E-state index in [1.165, 1.54) is 9.13 Å². The number of hydrogen-bond acceptors (Lipinski definition) is 3. The highest BCUT2D eigenvalue weighted by molar-refractivity contribution is 6.42. The number of β-amino-alcohol motifs (C(OH)–C–C–N with tert-alkyl or cyclic N) is 1. The number of carbonyl (C=O) groups is 1. The van der Waals surface area contributed by atoms with E-state index in [4.69, 9.17) is 23.2 Å². The Morgan fingerprint density at radius 2 is 1.83 bits per heavy atom. The number of benzene rings is 1. The minimum Gasteiger partial charge on any atom is -0.389 e. The van der Waals surface area contributed by atoms with Crippen LogP contribution >= 0.6 is 23.2 Å². The van der Waals surface area contributed by atoms with E-state index in [0.717, 1.165) is 6.42 Å². The summed E-state index contributed by atoms with van der Waals surface area (Å²) in [6.07, 6.45) is 0.512. The highest BCUT2D eigenvalue weighted by Gasteiger charge is 2.24. The van der Waals surface area contributed by atoms with E-state index < -0.39 is 6.10 Å². The first-order chi connectivity index (χ1) is 10.9. The Labute approximate surface area is 142 Å². The molecule has 1 N–H and O–H groups in total. The number of halogens is 2. The molecule has 0 unspecified atom stereocenters. The molecule has 124 valence electrons. The van der Waals surface area contributed by atoms with Crippen molar-refractivity contribution in [3.8, 4) is 0 Å². The average Bonchev–Trinajstić information content (AvgIpc) is 2.99. The fraction of sp³-hybridized carbons (Fsp3) is 0.467. The summed E-state index contributed by atoms with van der Waals surface area (Å²) in [5, 5.41) is 11.0. The minimum absolute atomic E-state index is 0.0455. The van der Waals surface area contributed by atoms with E-state index in [2.05, 4.69) is 0 Å². The van der Waals surface area contributed by atoms with Crippen LogP contribution in [0.15, 0.2) is 16.9 Å². The lowest BCUT2D eigenvalue weighted by molar-refractivity contribution is -0.129. The molecule has 0 aliphatic carbocycles. The van der Waals surface area contributed by atoms with E-state index in [9.17, 15) is 14.7 Å². The molecule has 0 spiro atoms. The number of rotatable bonds is 4. The maximum atomic E-state index is 12.4. The van der Waals surface area contributed by atoms with E-state index in [-0.39, 0.29) is 24.7 Å². The van der Waals surface area contributed by atoms with Crippen LogP contribution in [0, 0.1) is 0 Å². The zero-order valence-corrected chi connectivity index (χ0v) is 14.1. The van der Waals surface area contributed by atoms with Crippen molar-refractivity contribution in [1.29, 1.82) is 0 Å². The van der Waals surface area contributed by atoms with Crippen molar-refractivity contribution in [2.24, 2.45) is 7.05 Å². The maximum absolute atomic E-state index is 12.4. The minimum atomic E-state index is -0.824. The third-order valence-corrected chi connectivity index (χ3v) is 4.91. The molecule has 6 nitrogen and oxygen atoms in total. The Kier molecular flexibility index (Phi) is 4.40. The van der Waals surface area contributed by atoms with Gasteiger partial charge in [-0.15, -0.1) is 0 Å². The average molecular weight is 358 g/mol. The van der Waals surface area contributed by atoms with E-state index in [0.29, 0.717) is 34.0 Å². The van der Waals surface area contributed by atoms with Crippen molar-refractivity contribution < 1.29 is 9.90 Å². The molecule has 0 bridgehead atoms. The third kappa shape index (κ3) is 2.98. The van der Waals surface area contributed by atoms with Crippen LogP contribution in [0.2, 0.25) is 10.0 Å². The van der Waals surface area contributed by atoms with E-state index in [1.54, 1.807) is 24.1 Å². The largest absolute Gasteiger partial charge is 0.389 e.